The summed E-state index contributed by atoms with van der Waals surface area (Å²) in [6, 6.07) is 10.3. The lowest BCUT2D eigenvalue weighted by molar-refractivity contribution is -0.384. The van der Waals surface area contributed by atoms with Crippen LogP contribution in [0.15, 0.2) is 48.6 Å². The number of hydrogen-bond acceptors (Lipinski definition) is 5. The predicted molar refractivity (Wildman–Crippen MR) is 107 cm³/mol. The van der Waals surface area contributed by atoms with Gasteiger partial charge in [0.1, 0.15) is 5.02 Å². The van der Waals surface area contributed by atoms with Gasteiger partial charge in [0.25, 0.3) is 5.69 Å². The third-order valence-corrected chi connectivity index (χ3v) is 5.74. The molecule has 0 unspecified atom stereocenters. The van der Waals surface area contributed by atoms with E-state index in [2.05, 4.69) is 17.5 Å². The number of carbonyl (C=O) groups is 1. The highest BCUT2D eigenvalue weighted by molar-refractivity contribution is 6.32. The van der Waals surface area contributed by atoms with Gasteiger partial charge in [-0.1, -0.05) is 42.0 Å². The Labute approximate surface area is 167 Å². The SMILES string of the molecule is CCOC(=O)c1cccc2c1N[C@H](c1ccc(Cl)c([N+](=O)[O-])c1)[C@H]1CC=C[C@H]21. The summed E-state index contributed by atoms with van der Waals surface area (Å²) in [5.74, 6) is -0.0517. The highest BCUT2D eigenvalue weighted by Crippen LogP contribution is 2.51. The van der Waals surface area contributed by atoms with Gasteiger partial charge in [0.2, 0.25) is 0 Å². The number of carbonyl (C=O) groups excluding carboxylic acids is 1. The maximum atomic E-state index is 12.5. The number of ether oxygens (including phenoxy) is 1. The van der Waals surface area contributed by atoms with Crippen LogP contribution < -0.4 is 5.32 Å². The molecule has 1 aliphatic heterocycles. The molecule has 7 heteroatoms. The van der Waals surface area contributed by atoms with Crippen LogP contribution in [0.5, 0.6) is 0 Å². The van der Waals surface area contributed by atoms with Gasteiger partial charge in [0, 0.05) is 12.0 Å². The highest BCUT2D eigenvalue weighted by atomic mass is 35.5. The number of nitro groups is 1. The van der Waals surface area contributed by atoms with Crippen molar-refractivity contribution in [3.8, 4) is 0 Å². The molecule has 6 nitrogen and oxygen atoms in total. The highest BCUT2D eigenvalue weighted by Gasteiger charge is 2.40. The van der Waals surface area contributed by atoms with Crippen LogP contribution >= 0.6 is 11.6 Å². The Morgan fingerprint density at radius 1 is 1.36 bits per heavy atom. The second-order valence-electron chi connectivity index (χ2n) is 6.93. The summed E-state index contributed by atoms with van der Waals surface area (Å²) in [5.41, 5.74) is 2.92. The number of esters is 1. The van der Waals surface area contributed by atoms with Crippen molar-refractivity contribution in [3.05, 3.63) is 80.4 Å². The second-order valence-corrected chi connectivity index (χ2v) is 7.34. The van der Waals surface area contributed by atoms with Gasteiger partial charge in [0.15, 0.2) is 0 Å². The number of allylic oxidation sites excluding steroid dienone is 2. The van der Waals surface area contributed by atoms with Crippen LogP contribution in [0, 0.1) is 16.0 Å². The molecule has 0 fully saturated rings. The van der Waals surface area contributed by atoms with Crippen molar-refractivity contribution in [2.75, 3.05) is 11.9 Å². The summed E-state index contributed by atoms with van der Waals surface area (Å²) in [6.07, 6.45) is 5.12. The fourth-order valence-corrected chi connectivity index (χ4v) is 4.38. The van der Waals surface area contributed by atoms with Crippen molar-refractivity contribution < 1.29 is 14.5 Å². The van der Waals surface area contributed by atoms with Crippen LogP contribution in [0.25, 0.3) is 0 Å². The van der Waals surface area contributed by atoms with E-state index in [1.807, 2.05) is 12.1 Å². The molecule has 0 aromatic heterocycles. The normalized spacial score (nSPS) is 22.1. The lowest BCUT2D eigenvalue weighted by Gasteiger charge is -2.38. The molecule has 28 heavy (non-hydrogen) atoms. The van der Waals surface area contributed by atoms with E-state index in [1.165, 1.54) is 6.07 Å². The van der Waals surface area contributed by atoms with Crippen LogP contribution in [0.1, 0.15) is 46.8 Å². The summed E-state index contributed by atoms with van der Waals surface area (Å²) in [4.78, 5) is 23.3. The first-order valence-corrected chi connectivity index (χ1v) is 9.56. The Bertz CT molecular complexity index is 988. The van der Waals surface area contributed by atoms with Crippen molar-refractivity contribution in [2.24, 2.45) is 5.92 Å². The first-order valence-electron chi connectivity index (χ1n) is 9.18. The number of hydrogen-bond donors (Lipinski definition) is 1. The minimum Gasteiger partial charge on any atom is -0.462 e. The number of benzene rings is 2. The van der Waals surface area contributed by atoms with Crippen LogP contribution in [-0.2, 0) is 4.74 Å². The van der Waals surface area contributed by atoms with E-state index >= 15 is 0 Å². The molecule has 0 radical (unpaired) electrons. The van der Waals surface area contributed by atoms with E-state index in [4.69, 9.17) is 16.3 Å². The summed E-state index contributed by atoms with van der Waals surface area (Å²) < 4.78 is 5.21. The molecule has 1 aliphatic carbocycles. The molecule has 1 N–H and O–H groups in total. The van der Waals surface area contributed by atoms with Crippen molar-refractivity contribution in [1.29, 1.82) is 0 Å². The number of nitrogens with one attached hydrogen (secondary N) is 1. The third kappa shape index (κ3) is 3.03. The lowest BCUT2D eigenvalue weighted by Crippen LogP contribution is -2.30. The second kappa shape index (κ2) is 7.28. The zero-order valence-corrected chi connectivity index (χ0v) is 16.0. The van der Waals surface area contributed by atoms with Gasteiger partial charge < -0.3 is 10.1 Å². The van der Waals surface area contributed by atoms with E-state index in [1.54, 1.807) is 25.1 Å². The van der Waals surface area contributed by atoms with Crippen molar-refractivity contribution >= 4 is 28.9 Å². The molecule has 2 aromatic rings. The smallest absolute Gasteiger partial charge is 0.340 e. The fraction of sp³-hybridized carbons (Fsp3) is 0.286. The topological polar surface area (TPSA) is 81.5 Å². The first-order chi connectivity index (χ1) is 13.5. The predicted octanol–water partition coefficient (Wildman–Crippen LogP) is 5.25. The maximum Gasteiger partial charge on any atom is 0.340 e. The van der Waals surface area contributed by atoms with Gasteiger partial charge in [-0.25, -0.2) is 4.79 Å². The van der Waals surface area contributed by atoms with E-state index in [9.17, 15) is 14.9 Å². The number of anilines is 1. The molecule has 4 rings (SSSR count). The van der Waals surface area contributed by atoms with E-state index < -0.39 is 4.92 Å². The molecular weight excluding hydrogens is 380 g/mol. The molecule has 144 valence electrons. The van der Waals surface area contributed by atoms with Crippen LogP contribution in [-0.4, -0.2) is 17.5 Å². The zero-order valence-electron chi connectivity index (χ0n) is 15.2. The quantitative estimate of drug-likeness (QED) is 0.329. The van der Waals surface area contributed by atoms with Gasteiger partial charge in [-0.2, -0.15) is 0 Å². The summed E-state index contributed by atoms with van der Waals surface area (Å²) >= 11 is 5.99. The van der Waals surface area contributed by atoms with Crippen LogP contribution in [0.2, 0.25) is 5.02 Å². The van der Waals surface area contributed by atoms with E-state index in [-0.39, 0.29) is 34.6 Å². The molecule has 0 amide bonds. The first kappa shape index (κ1) is 18.5. The Kier molecular flexibility index (Phi) is 4.81. The summed E-state index contributed by atoms with van der Waals surface area (Å²) in [7, 11) is 0. The average Bonchev–Trinajstić information content (AvgIpc) is 3.17. The van der Waals surface area contributed by atoms with Gasteiger partial charge in [0.05, 0.1) is 28.8 Å². The Hall–Kier alpha value is -2.86. The molecule has 0 saturated heterocycles. The minimum atomic E-state index is -0.475. The number of nitrogens with zero attached hydrogens (tertiary/aromatic N) is 1. The monoisotopic (exact) mass is 398 g/mol. The Morgan fingerprint density at radius 2 is 2.18 bits per heavy atom. The number of nitro benzene ring substituents is 1. The molecular formula is C21H19ClN2O4. The Morgan fingerprint density at radius 3 is 2.93 bits per heavy atom. The molecule has 3 atom stereocenters. The standard InChI is InChI=1S/C21H19ClN2O4/c1-2-28-21(25)16-8-4-7-15-13-5-3-6-14(13)19(23-20(15)16)12-9-10-17(22)18(11-12)24(26)27/h3-5,7-11,13-14,19,23H,2,6H2,1H3/t13-,14-,19+/m0/s1. The summed E-state index contributed by atoms with van der Waals surface area (Å²) in [6.45, 7) is 2.06. The molecule has 0 spiro atoms. The number of fused-ring (bicyclic) bond motifs is 3. The maximum absolute atomic E-state index is 12.5. The van der Waals surface area contributed by atoms with E-state index in [0.717, 1.165) is 23.2 Å². The molecule has 2 aromatic carbocycles. The van der Waals surface area contributed by atoms with Gasteiger partial charge in [-0.05, 0) is 42.5 Å². The minimum absolute atomic E-state index is 0.110. The average molecular weight is 399 g/mol. The van der Waals surface area contributed by atoms with Gasteiger partial charge in [-0.15, -0.1) is 0 Å². The third-order valence-electron chi connectivity index (χ3n) is 5.42. The van der Waals surface area contributed by atoms with Crippen molar-refractivity contribution in [3.63, 3.8) is 0 Å². The zero-order chi connectivity index (χ0) is 19.8. The van der Waals surface area contributed by atoms with Gasteiger partial charge in [-0.3, -0.25) is 10.1 Å². The number of para-hydroxylation sites is 1. The van der Waals surface area contributed by atoms with Crippen LogP contribution in [0.3, 0.4) is 0 Å². The van der Waals surface area contributed by atoms with Gasteiger partial charge >= 0.3 is 5.97 Å². The van der Waals surface area contributed by atoms with Crippen molar-refractivity contribution in [2.45, 2.75) is 25.3 Å². The lowest BCUT2D eigenvalue weighted by atomic mass is 9.76. The van der Waals surface area contributed by atoms with Crippen LogP contribution in [0.4, 0.5) is 11.4 Å². The molecule has 2 aliphatic rings. The van der Waals surface area contributed by atoms with E-state index in [0.29, 0.717) is 12.2 Å². The number of rotatable bonds is 4. The largest absolute Gasteiger partial charge is 0.462 e. The number of halogens is 1. The molecule has 0 bridgehead atoms. The molecule has 0 saturated carbocycles. The molecule has 1 heterocycles. The Balaban J connectivity index is 1.80. The fourth-order valence-electron chi connectivity index (χ4n) is 4.19. The summed E-state index contributed by atoms with van der Waals surface area (Å²) in [5, 5.41) is 14.9. The van der Waals surface area contributed by atoms with Crippen molar-refractivity contribution in [1.82, 2.24) is 0 Å².